The lowest BCUT2D eigenvalue weighted by molar-refractivity contribution is 0.408. The highest BCUT2D eigenvalue weighted by atomic mass is 15.2. The van der Waals surface area contributed by atoms with Crippen molar-refractivity contribution in [1.29, 1.82) is 5.26 Å². The SMILES string of the molecule is CN(CCC#N)c1ccc(C2CCC2)nn1. The first kappa shape index (κ1) is 10.9. The van der Waals surface area contributed by atoms with Gasteiger partial charge in [-0.2, -0.15) is 10.4 Å². The number of nitrogens with zero attached hydrogens (tertiary/aromatic N) is 4. The van der Waals surface area contributed by atoms with Gasteiger partial charge in [-0.15, -0.1) is 5.10 Å². The standard InChI is InChI=1S/C12H16N4/c1-16(9-3-8-13)12-7-6-11(14-15-12)10-4-2-5-10/h6-7,10H,2-5,9H2,1H3. The summed E-state index contributed by atoms with van der Waals surface area (Å²) in [5.41, 5.74) is 1.11. The van der Waals surface area contributed by atoms with Crippen molar-refractivity contribution in [3.63, 3.8) is 0 Å². The zero-order chi connectivity index (χ0) is 11.4. The van der Waals surface area contributed by atoms with Crippen LogP contribution in [0.4, 0.5) is 5.82 Å². The number of nitriles is 1. The van der Waals surface area contributed by atoms with Gasteiger partial charge < -0.3 is 4.90 Å². The second-order valence-electron chi connectivity index (χ2n) is 4.27. The molecule has 0 radical (unpaired) electrons. The summed E-state index contributed by atoms with van der Waals surface area (Å²) in [6.07, 6.45) is 4.33. The Labute approximate surface area is 95.9 Å². The largest absolute Gasteiger partial charge is 0.357 e. The Hall–Kier alpha value is -1.63. The molecule has 2 rings (SSSR count). The topological polar surface area (TPSA) is 52.8 Å². The lowest BCUT2D eigenvalue weighted by Gasteiger charge is -2.24. The van der Waals surface area contributed by atoms with E-state index in [0.717, 1.165) is 11.5 Å². The first-order valence-corrected chi connectivity index (χ1v) is 5.73. The summed E-state index contributed by atoms with van der Waals surface area (Å²) in [6.45, 7) is 0.702. The minimum absolute atomic E-state index is 0.516. The van der Waals surface area contributed by atoms with Crippen molar-refractivity contribution in [3.8, 4) is 6.07 Å². The zero-order valence-electron chi connectivity index (χ0n) is 9.56. The molecule has 0 saturated heterocycles. The Kier molecular flexibility index (Phi) is 3.35. The molecule has 16 heavy (non-hydrogen) atoms. The average Bonchev–Trinajstić information content (AvgIpc) is 2.24. The van der Waals surface area contributed by atoms with Crippen molar-refractivity contribution in [2.24, 2.45) is 0 Å². The van der Waals surface area contributed by atoms with Crippen LogP contribution in [-0.2, 0) is 0 Å². The number of anilines is 1. The fraction of sp³-hybridized carbons (Fsp3) is 0.583. The van der Waals surface area contributed by atoms with Crippen molar-refractivity contribution < 1.29 is 0 Å². The molecule has 0 bridgehead atoms. The molecule has 0 aromatic carbocycles. The number of rotatable bonds is 4. The van der Waals surface area contributed by atoms with E-state index in [1.54, 1.807) is 0 Å². The summed E-state index contributed by atoms with van der Waals surface area (Å²) in [5, 5.41) is 17.0. The highest BCUT2D eigenvalue weighted by Gasteiger charge is 2.21. The van der Waals surface area contributed by atoms with E-state index in [1.807, 2.05) is 18.0 Å². The predicted octanol–water partition coefficient (Wildman–Crippen LogP) is 2.09. The van der Waals surface area contributed by atoms with E-state index < -0.39 is 0 Å². The third kappa shape index (κ3) is 2.30. The van der Waals surface area contributed by atoms with E-state index in [-0.39, 0.29) is 0 Å². The molecule has 84 valence electrons. The Morgan fingerprint density at radius 1 is 1.44 bits per heavy atom. The van der Waals surface area contributed by atoms with Gasteiger partial charge in [-0.05, 0) is 25.0 Å². The smallest absolute Gasteiger partial charge is 0.151 e. The minimum Gasteiger partial charge on any atom is -0.357 e. The highest BCUT2D eigenvalue weighted by Crippen LogP contribution is 2.34. The zero-order valence-corrected chi connectivity index (χ0v) is 9.56. The number of aromatic nitrogens is 2. The second-order valence-corrected chi connectivity index (χ2v) is 4.27. The van der Waals surface area contributed by atoms with E-state index in [9.17, 15) is 0 Å². The van der Waals surface area contributed by atoms with E-state index in [0.29, 0.717) is 18.9 Å². The summed E-state index contributed by atoms with van der Waals surface area (Å²) < 4.78 is 0. The normalized spacial score (nSPS) is 15.2. The van der Waals surface area contributed by atoms with Gasteiger partial charge in [0.25, 0.3) is 0 Å². The van der Waals surface area contributed by atoms with Crippen molar-refractivity contribution in [1.82, 2.24) is 10.2 Å². The maximum atomic E-state index is 8.51. The Bertz CT molecular complexity index is 375. The van der Waals surface area contributed by atoms with E-state index >= 15 is 0 Å². The van der Waals surface area contributed by atoms with Crippen LogP contribution in [0.25, 0.3) is 0 Å². The van der Waals surface area contributed by atoms with E-state index in [4.69, 9.17) is 5.26 Å². The van der Waals surface area contributed by atoms with E-state index in [2.05, 4.69) is 22.3 Å². The Morgan fingerprint density at radius 2 is 2.25 bits per heavy atom. The van der Waals surface area contributed by atoms with Gasteiger partial charge in [0.1, 0.15) is 0 Å². The molecule has 1 heterocycles. The average molecular weight is 216 g/mol. The van der Waals surface area contributed by atoms with Gasteiger partial charge >= 0.3 is 0 Å². The van der Waals surface area contributed by atoms with Crippen LogP contribution in [-0.4, -0.2) is 23.8 Å². The summed E-state index contributed by atoms with van der Waals surface area (Å²) in [7, 11) is 1.93. The molecule has 4 nitrogen and oxygen atoms in total. The first-order valence-electron chi connectivity index (χ1n) is 5.73. The third-order valence-electron chi connectivity index (χ3n) is 3.14. The number of hydrogen-bond donors (Lipinski definition) is 0. The van der Waals surface area contributed by atoms with E-state index in [1.165, 1.54) is 19.3 Å². The molecule has 0 unspecified atom stereocenters. The van der Waals surface area contributed by atoms with Gasteiger partial charge in [-0.1, -0.05) is 6.42 Å². The fourth-order valence-corrected chi connectivity index (χ4v) is 1.79. The molecule has 1 aliphatic carbocycles. The van der Waals surface area contributed by atoms with Gasteiger partial charge in [0.05, 0.1) is 18.2 Å². The van der Waals surface area contributed by atoms with Gasteiger partial charge in [-0.25, -0.2) is 0 Å². The molecule has 0 aliphatic heterocycles. The van der Waals surface area contributed by atoms with Gasteiger partial charge in [0, 0.05) is 19.5 Å². The molecule has 0 spiro atoms. The molecular weight excluding hydrogens is 200 g/mol. The van der Waals surface area contributed by atoms with Crippen molar-refractivity contribution in [3.05, 3.63) is 17.8 Å². The molecule has 1 aromatic rings. The summed E-state index contributed by atoms with van der Waals surface area (Å²) in [4.78, 5) is 1.96. The van der Waals surface area contributed by atoms with Crippen LogP contribution in [0.15, 0.2) is 12.1 Å². The fourth-order valence-electron chi connectivity index (χ4n) is 1.79. The molecule has 1 aromatic heterocycles. The molecule has 1 fully saturated rings. The maximum absolute atomic E-state index is 8.51. The monoisotopic (exact) mass is 216 g/mol. The molecule has 0 N–H and O–H groups in total. The Morgan fingerprint density at radius 3 is 2.75 bits per heavy atom. The van der Waals surface area contributed by atoms with Crippen molar-refractivity contribution in [2.45, 2.75) is 31.6 Å². The summed E-state index contributed by atoms with van der Waals surface area (Å²) in [6, 6.07) is 6.19. The summed E-state index contributed by atoms with van der Waals surface area (Å²) in [5.74, 6) is 1.48. The molecule has 1 saturated carbocycles. The van der Waals surface area contributed by atoms with Crippen molar-refractivity contribution in [2.75, 3.05) is 18.5 Å². The maximum Gasteiger partial charge on any atom is 0.151 e. The quantitative estimate of drug-likeness (QED) is 0.773. The first-order chi connectivity index (χ1) is 7.81. The van der Waals surface area contributed by atoms with Gasteiger partial charge in [0.15, 0.2) is 5.82 Å². The molecule has 1 aliphatic rings. The Balaban J connectivity index is 1.98. The van der Waals surface area contributed by atoms with Crippen LogP contribution in [0, 0.1) is 11.3 Å². The third-order valence-corrected chi connectivity index (χ3v) is 3.14. The van der Waals surface area contributed by atoms with Gasteiger partial charge in [-0.3, -0.25) is 0 Å². The predicted molar refractivity (Wildman–Crippen MR) is 62.1 cm³/mol. The van der Waals surface area contributed by atoms with Crippen LogP contribution >= 0.6 is 0 Å². The second kappa shape index (κ2) is 4.93. The molecular formula is C12H16N4. The minimum atomic E-state index is 0.516. The lowest BCUT2D eigenvalue weighted by Crippen LogP contribution is -2.20. The molecule has 0 atom stereocenters. The molecule has 4 heteroatoms. The van der Waals surface area contributed by atoms with Crippen LogP contribution in [0.1, 0.15) is 37.3 Å². The summed E-state index contributed by atoms with van der Waals surface area (Å²) >= 11 is 0. The van der Waals surface area contributed by atoms with Gasteiger partial charge in [0.2, 0.25) is 0 Å². The number of hydrogen-bond acceptors (Lipinski definition) is 4. The lowest BCUT2D eigenvalue weighted by atomic mass is 9.83. The van der Waals surface area contributed by atoms with Crippen LogP contribution in [0.5, 0.6) is 0 Å². The van der Waals surface area contributed by atoms with Crippen molar-refractivity contribution >= 4 is 5.82 Å². The van der Waals surface area contributed by atoms with Crippen LogP contribution in [0.2, 0.25) is 0 Å². The van der Waals surface area contributed by atoms with Crippen LogP contribution in [0.3, 0.4) is 0 Å². The van der Waals surface area contributed by atoms with Crippen LogP contribution < -0.4 is 4.90 Å². The highest BCUT2D eigenvalue weighted by molar-refractivity contribution is 5.36. The molecule has 0 amide bonds.